The highest BCUT2D eigenvalue weighted by Crippen LogP contribution is 2.25. The molecule has 0 saturated heterocycles. The minimum Gasteiger partial charge on any atom is -0.481 e. The Morgan fingerprint density at radius 3 is 2.55 bits per heavy atom. The van der Waals surface area contributed by atoms with E-state index in [1.54, 1.807) is 7.11 Å². The second-order valence-electron chi connectivity index (χ2n) is 5.08. The number of ether oxygens (including phenoxy) is 1. The highest BCUT2D eigenvalue weighted by molar-refractivity contribution is 5.85. The summed E-state index contributed by atoms with van der Waals surface area (Å²) in [6, 6.07) is 0. The van der Waals surface area contributed by atoms with E-state index in [-0.39, 0.29) is 5.91 Å². The number of carbonyl (C=O) groups is 2. The van der Waals surface area contributed by atoms with E-state index in [2.05, 4.69) is 10.2 Å². The zero-order chi connectivity index (χ0) is 15.0. The molecule has 0 spiro atoms. The lowest BCUT2D eigenvalue weighted by Crippen LogP contribution is -2.41. The number of carboxylic acid groups (broad SMARTS) is 1. The molecule has 2 N–H and O–H groups in total. The molecule has 1 aliphatic carbocycles. The number of nitrogens with one attached hydrogen (secondary N) is 1. The number of aliphatic carboxylic acids is 1. The Morgan fingerprint density at radius 1 is 1.30 bits per heavy atom. The molecule has 0 radical (unpaired) electrons. The molecule has 0 aromatic carbocycles. The fourth-order valence-corrected chi connectivity index (χ4v) is 2.24. The van der Waals surface area contributed by atoms with Gasteiger partial charge in [0.2, 0.25) is 5.91 Å². The summed E-state index contributed by atoms with van der Waals surface area (Å²) in [5.74, 6) is -2.12. The van der Waals surface area contributed by atoms with Crippen molar-refractivity contribution in [1.29, 1.82) is 0 Å². The smallest absolute Gasteiger partial charge is 0.307 e. The lowest BCUT2D eigenvalue weighted by Gasteiger charge is -2.24. The van der Waals surface area contributed by atoms with Crippen LogP contribution in [0.4, 0.5) is 0 Å². The average molecular weight is 284 g/mol. The maximum Gasteiger partial charge on any atom is 0.307 e. The first-order valence-corrected chi connectivity index (χ1v) is 6.89. The number of rotatable bonds is 8. The van der Waals surface area contributed by atoms with Gasteiger partial charge in [-0.1, -0.05) is 12.2 Å². The highest BCUT2D eigenvalue weighted by atomic mass is 16.5. The molecule has 114 valence electrons. The number of amides is 1. The van der Waals surface area contributed by atoms with E-state index in [0.29, 0.717) is 26.0 Å². The number of hydrogen-bond acceptors (Lipinski definition) is 4. The first-order chi connectivity index (χ1) is 9.56. The highest BCUT2D eigenvalue weighted by Gasteiger charge is 2.33. The van der Waals surface area contributed by atoms with E-state index < -0.39 is 17.8 Å². The number of carbonyl (C=O) groups excluding carboxylic acids is 1. The van der Waals surface area contributed by atoms with Gasteiger partial charge in [0.15, 0.2) is 0 Å². The fourth-order valence-electron chi connectivity index (χ4n) is 2.24. The minimum atomic E-state index is -0.897. The summed E-state index contributed by atoms with van der Waals surface area (Å²) in [6.07, 6.45) is 4.65. The number of likely N-dealkylation sites (N-methyl/N-ethyl adjacent to an activating group) is 1. The zero-order valence-corrected chi connectivity index (χ0v) is 12.2. The first kappa shape index (κ1) is 16.7. The van der Waals surface area contributed by atoms with Crippen LogP contribution in [0.25, 0.3) is 0 Å². The SMILES string of the molecule is COCCN(C)CCNC(=O)C1CC=CCC1C(=O)O. The van der Waals surface area contributed by atoms with Crippen molar-refractivity contribution in [3.63, 3.8) is 0 Å². The third-order valence-electron chi connectivity index (χ3n) is 3.56. The molecule has 1 aliphatic rings. The predicted molar refractivity (Wildman–Crippen MR) is 75.4 cm³/mol. The summed E-state index contributed by atoms with van der Waals surface area (Å²) in [5.41, 5.74) is 0. The molecule has 0 saturated carbocycles. The van der Waals surface area contributed by atoms with Crippen LogP contribution in [0.3, 0.4) is 0 Å². The number of allylic oxidation sites excluding steroid dienone is 2. The van der Waals surface area contributed by atoms with Crippen LogP contribution >= 0.6 is 0 Å². The minimum absolute atomic E-state index is 0.165. The van der Waals surface area contributed by atoms with Crippen molar-refractivity contribution < 1.29 is 19.4 Å². The Bertz CT molecular complexity index is 357. The summed E-state index contributed by atoms with van der Waals surface area (Å²) in [5, 5.41) is 12.0. The number of hydrogen-bond donors (Lipinski definition) is 2. The van der Waals surface area contributed by atoms with Crippen LogP contribution < -0.4 is 5.32 Å². The van der Waals surface area contributed by atoms with Gasteiger partial charge in [0, 0.05) is 26.7 Å². The maximum absolute atomic E-state index is 12.1. The normalized spacial score (nSPS) is 21.9. The van der Waals surface area contributed by atoms with E-state index >= 15 is 0 Å². The Morgan fingerprint density at radius 2 is 1.95 bits per heavy atom. The van der Waals surface area contributed by atoms with E-state index in [1.807, 2.05) is 19.2 Å². The van der Waals surface area contributed by atoms with Crippen LogP contribution in [0.15, 0.2) is 12.2 Å². The summed E-state index contributed by atoms with van der Waals surface area (Å²) >= 11 is 0. The summed E-state index contributed by atoms with van der Waals surface area (Å²) in [7, 11) is 3.60. The van der Waals surface area contributed by atoms with Gasteiger partial charge in [-0.15, -0.1) is 0 Å². The van der Waals surface area contributed by atoms with Crippen molar-refractivity contribution in [3.8, 4) is 0 Å². The van der Waals surface area contributed by atoms with E-state index in [9.17, 15) is 9.59 Å². The quantitative estimate of drug-likeness (QED) is 0.629. The van der Waals surface area contributed by atoms with E-state index in [1.165, 1.54) is 0 Å². The Hall–Kier alpha value is -1.40. The molecule has 6 heteroatoms. The molecule has 0 aromatic heterocycles. The number of carboxylic acids is 1. The molecule has 0 aliphatic heterocycles. The second-order valence-corrected chi connectivity index (χ2v) is 5.08. The van der Waals surface area contributed by atoms with Crippen LogP contribution in [0.5, 0.6) is 0 Å². The second kappa shape index (κ2) is 8.71. The van der Waals surface area contributed by atoms with Gasteiger partial charge < -0.3 is 20.1 Å². The Balaban J connectivity index is 2.34. The van der Waals surface area contributed by atoms with Gasteiger partial charge in [0.25, 0.3) is 0 Å². The van der Waals surface area contributed by atoms with Gasteiger partial charge in [-0.2, -0.15) is 0 Å². The first-order valence-electron chi connectivity index (χ1n) is 6.89. The molecule has 6 nitrogen and oxygen atoms in total. The van der Waals surface area contributed by atoms with Gasteiger partial charge in [-0.25, -0.2) is 0 Å². The lowest BCUT2D eigenvalue weighted by molar-refractivity contribution is -0.147. The van der Waals surface area contributed by atoms with Crippen molar-refractivity contribution in [2.75, 3.05) is 40.4 Å². The fraction of sp³-hybridized carbons (Fsp3) is 0.714. The molecule has 0 aromatic rings. The molecule has 1 amide bonds. The molecular formula is C14H24N2O4. The van der Waals surface area contributed by atoms with Gasteiger partial charge >= 0.3 is 5.97 Å². The van der Waals surface area contributed by atoms with Crippen molar-refractivity contribution in [3.05, 3.63) is 12.2 Å². The van der Waals surface area contributed by atoms with Crippen LogP contribution in [0, 0.1) is 11.8 Å². The molecule has 2 unspecified atom stereocenters. The summed E-state index contributed by atoms with van der Waals surface area (Å²) in [4.78, 5) is 25.2. The number of nitrogens with zero attached hydrogens (tertiary/aromatic N) is 1. The van der Waals surface area contributed by atoms with Crippen molar-refractivity contribution >= 4 is 11.9 Å². The average Bonchev–Trinajstić information content (AvgIpc) is 2.44. The third kappa shape index (κ3) is 5.30. The van der Waals surface area contributed by atoms with Crippen molar-refractivity contribution in [1.82, 2.24) is 10.2 Å². The zero-order valence-electron chi connectivity index (χ0n) is 12.2. The molecule has 0 bridgehead atoms. The van der Waals surface area contributed by atoms with Crippen LogP contribution in [-0.4, -0.2) is 62.3 Å². The predicted octanol–water partition coefficient (Wildman–Crippen LogP) is 0.348. The monoisotopic (exact) mass is 284 g/mol. The third-order valence-corrected chi connectivity index (χ3v) is 3.56. The number of methoxy groups -OCH3 is 1. The van der Waals surface area contributed by atoms with Gasteiger partial charge in [0.05, 0.1) is 18.4 Å². The Kier molecular flexibility index (Phi) is 7.25. The molecular weight excluding hydrogens is 260 g/mol. The molecule has 2 atom stereocenters. The largest absolute Gasteiger partial charge is 0.481 e. The van der Waals surface area contributed by atoms with Crippen molar-refractivity contribution in [2.45, 2.75) is 12.8 Å². The molecule has 0 heterocycles. The summed E-state index contributed by atoms with van der Waals surface area (Å²) < 4.78 is 4.97. The maximum atomic E-state index is 12.1. The summed E-state index contributed by atoms with van der Waals surface area (Å²) in [6.45, 7) is 2.69. The molecule has 20 heavy (non-hydrogen) atoms. The lowest BCUT2D eigenvalue weighted by atomic mass is 9.82. The van der Waals surface area contributed by atoms with Crippen LogP contribution in [-0.2, 0) is 14.3 Å². The van der Waals surface area contributed by atoms with Gasteiger partial charge in [-0.05, 0) is 19.9 Å². The van der Waals surface area contributed by atoms with Gasteiger partial charge in [-0.3, -0.25) is 9.59 Å². The topological polar surface area (TPSA) is 78.9 Å². The van der Waals surface area contributed by atoms with E-state index in [0.717, 1.165) is 13.1 Å². The standard InChI is InChI=1S/C14H24N2O4/c1-16(9-10-20-2)8-7-15-13(17)11-5-3-4-6-12(11)14(18)19/h3-4,11-12H,5-10H2,1-2H3,(H,15,17)(H,18,19). The van der Waals surface area contributed by atoms with E-state index in [4.69, 9.17) is 9.84 Å². The Labute approximate surface area is 119 Å². The van der Waals surface area contributed by atoms with Gasteiger partial charge in [0.1, 0.15) is 0 Å². The van der Waals surface area contributed by atoms with Crippen molar-refractivity contribution in [2.24, 2.45) is 11.8 Å². The molecule has 0 fully saturated rings. The molecule has 1 rings (SSSR count). The van der Waals surface area contributed by atoms with Crippen LogP contribution in [0.1, 0.15) is 12.8 Å². The van der Waals surface area contributed by atoms with Crippen LogP contribution in [0.2, 0.25) is 0 Å².